The Balaban J connectivity index is 1.92. The van der Waals surface area contributed by atoms with Crippen LogP contribution in [0.2, 0.25) is 0 Å². The van der Waals surface area contributed by atoms with E-state index < -0.39 is 0 Å². The van der Waals surface area contributed by atoms with Crippen LogP contribution in [0.5, 0.6) is 0 Å². The van der Waals surface area contributed by atoms with Gasteiger partial charge in [0.15, 0.2) is 0 Å². The molecule has 1 unspecified atom stereocenters. The van der Waals surface area contributed by atoms with Crippen molar-refractivity contribution in [2.75, 3.05) is 7.11 Å². The molecule has 2 rings (SSSR count). The molecule has 0 spiro atoms. The van der Waals surface area contributed by atoms with Crippen LogP contribution in [0.1, 0.15) is 28.4 Å². The largest absolute Gasteiger partial charge is 0.465 e. The molecule has 0 amide bonds. The van der Waals surface area contributed by atoms with Crippen LogP contribution in [0.4, 0.5) is 0 Å². The Morgan fingerprint density at radius 3 is 2.86 bits per heavy atom. The highest BCUT2D eigenvalue weighted by Gasteiger charge is 2.09. The molecular formula is C16H18BrNO2S. The number of halogens is 1. The molecule has 1 heterocycles. The van der Waals surface area contributed by atoms with Gasteiger partial charge >= 0.3 is 5.97 Å². The maximum absolute atomic E-state index is 11.5. The molecule has 0 aliphatic rings. The first kappa shape index (κ1) is 16.2. The molecule has 1 N–H and O–H groups in total. The molecule has 3 nitrogen and oxygen atoms in total. The molecule has 0 bridgehead atoms. The van der Waals surface area contributed by atoms with Crippen LogP contribution in [-0.2, 0) is 17.7 Å². The zero-order valence-electron chi connectivity index (χ0n) is 12.1. The number of ether oxygens (including phenoxy) is 1. The van der Waals surface area contributed by atoms with Gasteiger partial charge in [0.2, 0.25) is 0 Å². The van der Waals surface area contributed by atoms with Gasteiger partial charge in [0.1, 0.15) is 0 Å². The number of carbonyl (C=O) groups excluding carboxylic acids is 1. The van der Waals surface area contributed by atoms with Crippen LogP contribution in [-0.4, -0.2) is 19.1 Å². The summed E-state index contributed by atoms with van der Waals surface area (Å²) in [6, 6.07) is 8.08. The van der Waals surface area contributed by atoms with E-state index in [2.05, 4.69) is 45.0 Å². The molecule has 0 saturated carbocycles. The van der Waals surface area contributed by atoms with E-state index in [0.29, 0.717) is 11.6 Å². The number of rotatable bonds is 6. The third kappa shape index (κ3) is 4.66. The van der Waals surface area contributed by atoms with E-state index in [4.69, 9.17) is 4.74 Å². The van der Waals surface area contributed by atoms with Crippen molar-refractivity contribution < 1.29 is 9.53 Å². The lowest BCUT2D eigenvalue weighted by atomic mass is 10.1. The van der Waals surface area contributed by atoms with E-state index in [1.807, 2.05) is 6.07 Å². The fourth-order valence-electron chi connectivity index (χ4n) is 2.05. The first-order valence-electron chi connectivity index (χ1n) is 6.71. The average Bonchev–Trinajstić information content (AvgIpc) is 2.98. The van der Waals surface area contributed by atoms with Crippen molar-refractivity contribution in [3.8, 4) is 0 Å². The van der Waals surface area contributed by atoms with Crippen LogP contribution in [0.3, 0.4) is 0 Å². The first-order chi connectivity index (χ1) is 10.1. The maximum atomic E-state index is 11.5. The van der Waals surface area contributed by atoms with Crippen molar-refractivity contribution in [2.45, 2.75) is 25.9 Å². The third-order valence-corrected chi connectivity index (χ3v) is 4.71. The smallest absolute Gasteiger partial charge is 0.337 e. The summed E-state index contributed by atoms with van der Waals surface area (Å²) in [5.74, 6) is -0.318. The van der Waals surface area contributed by atoms with E-state index >= 15 is 0 Å². The summed E-state index contributed by atoms with van der Waals surface area (Å²) in [5, 5.41) is 7.78. The lowest BCUT2D eigenvalue weighted by Gasteiger charge is -2.14. The summed E-state index contributed by atoms with van der Waals surface area (Å²) in [5.41, 5.74) is 3.04. The van der Waals surface area contributed by atoms with E-state index in [9.17, 15) is 4.79 Å². The minimum atomic E-state index is -0.318. The second-order valence-electron chi connectivity index (χ2n) is 4.92. The SMILES string of the molecule is COC(=O)c1ccc(CNC(C)Cc2ccsc2)c(Br)c1. The highest BCUT2D eigenvalue weighted by atomic mass is 79.9. The van der Waals surface area contributed by atoms with Crippen molar-refractivity contribution in [1.29, 1.82) is 0 Å². The molecule has 0 aliphatic carbocycles. The highest BCUT2D eigenvalue weighted by molar-refractivity contribution is 9.10. The molecule has 112 valence electrons. The van der Waals surface area contributed by atoms with Crippen LogP contribution in [0, 0.1) is 0 Å². The summed E-state index contributed by atoms with van der Waals surface area (Å²) in [6.07, 6.45) is 1.02. The van der Waals surface area contributed by atoms with Gasteiger partial charge in [0.05, 0.1) is 12.7 Å². The van der Waals surface area contributed by atoms with Gasteiger partial charge in [-0.2, -0.15) is 11.3 Å². The van der Waals surface area contributed by atoms with Gasteiger partial charge in [-0.1, -0.05) is 22.0 Å². The fraction of sp³-hybridized carbons (Fsp3) is 0.312. The van der Waals surface area contributed by atoms with Gasteiger partial charge in [-0.25, -0.2) is 4.79 Å². The Hall–Kier alpha value is -1.17. The Bertz CT molecular complexity index is 598. The Morgan fingerprint density at radius 2 is 2.24 bits per heavy atom. The van der Waals surface area contributed by atoms with Crippen molar-refractivity contribution in [3.63, 3.8) is 0 Å². The standard InChI is InChI=1S/C16H18BrNO2S/c1-11(7-12-5-6-21-10-12)18-9-14-4-3-13(8-15(14)17)16(19)20-2/h3-6,8,10-11,18H,7,9H2,1-2H3. The lowest BCUT2D eigenvalue weighted by molar-refractivity contribution is 0.0600. The molecule has 1 aromatic carbocycles. The van der Waals surface area contributed by atoms with E-state index in [-0.39, 0.29) is 5.97 Å². The number of hydrogen-bond acceptors (Lipinski definition) is 4. The zero-order valence-corrected chi connectivity index (χ0v) is 14.5. The van der Waals surface area contributed by atoms with Gasteiger partial charge in [-0.3, -0.25) is 0 Å². The molecule has 0 fully saturated rings. The number of methoxy groups -OCH3 is 1. The minimum Gasteiger partial charge on any atom is -0.465 e. The van der Waals surface area contributed by atoms with Gasteiger partial charge in [0, 0.05) is 17.1 Å². The van der Waals surface area contributed by atoms with Gasteiger partial charge in [0.25, 0.3) is 0 Å². The summed E-state index contributed by atoms with van der Waals surface area (Å²) in [4.78, 5) is 11.5. The molecule has 21 heavy (non-hydrogen) atoms. The molecule has 2 aromatic rings. The van der Waals surface area contributed by atoms with Crippen LogP contribution >= 0.6 is 27.3 Å². The molecule has 5 heteroatoms. The molecule has 0 radical (unpaired) electrons. The van der Waals surface area contributed by atoms with Crippen molar-refractivity contribution in [1.82, 2.24) is 5.32 Å². The maximum Gasteiger partial charge on any atom is 0.337 e. The topological polar surface area (TPSA) is 38.3 Å². The number of esters is 1. The summed E-state index contributed by atoms with van der Waals surface area (Å²) < 4.78 is 5.63. The van der Waals surface area contributed by atoms with Crippen LogP contribution < -0.4 is 5.32 Å². The molecule has 0 aliphatic heterocycles. The zero-order chi connectivity index (χ0) is 15.2. The Labute approximate surface area is 137 Å². The summed E-state index contributed by atoms with van der Waals surface area (Å²) in [6.45, 7) is 2.93. The quantitative estimate of drug-likeness (QED) is 0.783. The third-order valence-electron chi connectivity index (χ3n) is 3.24. The predicted octanol–water partition coefficient (Wildman–Crippen LogP) is 4.02. The Kier molecular flexibility index (Phi) is 5.96. The van der Waals surface area contributed by atoms with Crippen molar-refractivity contribution in [2.24, 2.45) is 0 Å². The molecule has 0 saturated heterocycles. The summed E-state index contributed by atoms with van der Waals surface area (Å²) >= 11 is 5.24. The molecular weight excluding hydrogens is 350 g/mol. The van der Waals surface area contributed by atoms with E-state index in [0.717, 1.165) is 23.0 Å². The van der Waals surface area contributed by atoms with Gasteiger partial charge in [-0.15, -0.1) is 0 Å². The van der Waals surface area contributed by atoms with Gasteiger partial charge < -0.3 is 10.1 Å². The second kappa shape index (κ2) is 7.73. The van der Waals surface area contributed by atoms with Gasteiger partial charge in [-0.05, 0) is 53.4 Å². The normalized spacial score (nSPS) is 12.1. The number of carbonyl (C=O) groups is 1. The molecule has 1 aromatic heterocycles. The van der Waals surface area contributed by atoms with Crippen LogP contribution in [0.15, 0.2) is 39.5 Å². The number of thiophene rings is 1. The van der Waals surface area contributed by atoms with Crippen molar-refractivity contribution >= 4 is 33.2 Å². The first-order valence-corrected chi connectivity index (χ1v) is 8.45. The average molecular weight is 368 g/mol. The monoisotopic (exact) mass is 367 g/mol. The van der Waals surface area contributed by atoms with Crippen molar-refractivity contribution in [3.05, 3.63) is 56.2 Å². The Morgan fingerprint density at radius 1 is 1.43 bits per heavy atom. The molecule has 1 atom stereocenters. The summed E-state index contributed by atoms with van der Waals surface area (Å²) in [7, 11) is 1.39. The number of benzene rings is 1. The van der Waals surface area contributed by atoms with Crippen LogP contribution in [0.25, 0.3) is 0 Å². The predicted molar refractivity (Wildman–Crippen MR) is 89.8 cm³/mol. The lowest BCUT2D eigenvalue weighted by Crippen LogP contribution is -2.27. The van der Waals surface area contributed by atoms with E-state index in [1.165, 1.54) is 12.7 Å². The number of nitrogens with one attached hydrogen (secondary N) is 1. The highest BCUT2D eigenvalue weighted by Crippen LogP contribution is 2.19. The fourth-order valence-corrected chi connectivity index (χ4v) is 3.25. The minimum absolute atomic E-state index is 0.318. The second-order valence-corrected chi connectivity index (χ2v) is 6.55. The van der Waals surface area contributed by atoms with E-state index in [1.54, 1.807) is 23.5 Å². The number of hydrogen-bond donors (Lipinski definition) is 1.